The lowest BCUT2D eigenvalue weighted by molar-refractivity contribution is -0.140. The van der Waals surface area contributed by atoms with Gasteiger partial charge in [0.05, 0.1) is 12.2 Å². The van der Waals surface area contributed by atoms with Crippen LogP contribution in [0.25, 0.3) is 0 Å². The van der Waals surface area contributed by atoms with Gasteiger partial charge in [-0.1, -0.05) is 6.58 Å². The van der Waals surface area contributed by atoms with Gasteiger partial charge in [0.25, 0.3) is 0 Å². The van der Waals surface area contributed by atoms with Gasteiger partial charge in [-0.3, -0.25) is 0 Å². The zero-order valence-corrected chi connectivity index (χ0v) is 12.9. The summed E-state index contributed by atoms with van der Waals surface area (Å²) in [6, 6.07) is 5.11. The summed E-state index contributed by atoms with van der Waals surface area (Å²) >= 11 is 0. The second kappa shape index (κ2) is 6.93. The van der Waals surface area contributed by atoms with Crippen molar-refractivity contribution in [1.29, 1.82) is 0 Å². The van der Waals surface area contributed by atoms with Crippen LogP contribution < -0.4 is 4.90 Å². The maximum atomic E-state index is 12.6. The number of nitrogens with zero attached hydrogens (tertiary/aromatic N) is 2. The molecule has 1 heterocycles. The maximum Gasteiger partial charge on any atom is 0.416 e. The number of hydrogen-bond acceptors (Lipinski definition) is 4. The van der Waals surface area contributed by atoms with Crippen molar-refractivity contribution >= 4 is 11.7 Å². The van der Waals surface area contributed by atoms with Crippen molar-refractivity contribution in [2.24, 2.45) is 0 Å². The number of piperazine rings is 1. The lowest BCUT2D eigenvalue weighted by Gasteiger charge is -2.37. The van der Waals surface area contributed by atoms with E-state index in [4.69, 9.17) is 4.74 Å². The van der Waals surface area contributed by atoms with Crippen LogP contribution in [0.4, 0.5) is 18.9 Å². The van der Waals surface area contributed by atoms with Crippen LogP contribution in [0.3, 0.4) is 0 Å². The van der Waals surface area contributed by atoms with E-state index in [-0.39, 0.29) is 0 Å². The fourth-order valence-electron chi connectivity index (χ4n) is 2.44. The van der Waals surface area contributed by atoms with Gasteiger partial charge in [0.15, 0.2) is 0 Å². The average Bonchev–Trinajstić information content (AvgIpc) is 2.54. The molecule has 0 unspecified atom stereocenters. The molecule has 1 aromatic carbocycles. The van der Waals surface area contributed by atoms with Crippen LogP contribution in [0.5, 0.6) is 0 Å². The van der Waals surface area contributed by atoms with Crippen LogP contribution in [-0.2, 0) is 15.7 Å². The monoisotopic (exact) mass is 328 g/mol. The van der Waals surface area contributed by atoms with Gasteiger partial charge in [-0.05, 0) is 31.2 Å². The molecule has 1 fully saturated rings. The smallest absolute Gasteiger partial charge is 0.416 e. The quantitative estimate of drug-likeness (QED) is 0.628. The molecule has 0 atom stereocenters. The zero-order chi connectivity index (χ0) is 17.0. The van der Waals surface area contributed by atoms with Crippen LogP contribution in [0.2, 0.25) is 0 Å². The summed E-state index contributed by atoms with van der Waals surface area (Å²) in [6.45, 7) is 8.10. The number of anilines is 1. The minimum Gasteiger partial charge on any atom is -0.461 e. The Hall–Kier alpha value is -2.18. The molecule has 0 aromatic heterocycles. The number of rotatable bonds is 4. The third-order valence-electron chi connectivity index (χ3n) is 3.73. The molecular weight excluding hydrogens is 309 g/mol. The second-order valence-electron chi connectivity index (χ2n) is 5.19. The highest BCUT2D eigenvalue weighted by Gasteiger charge is 2.30. The van der Waals surface area contributed by atoms with Crippen molar-refractivity contribution in [1.82, 2.24) is 4.90 Å². The van der Waals surface area contributed by atoms with Gasteiger partial charge in [0.2, 0.25) is 0 Å². The van der Waals surface area contributed by atoms with E-state index in [1.807, 2.05) is 9.80 Å². The van der Waals surface area contributed by atoms with Crippen molar-refractivity contribution in [2.75, 3.05) is 37.7 Å². The molecule has 0 amide bonds. The molecule has 1 saturated heterocycles. The van der Waals surface area contributed by atoms with E-state index < -0.39 is 17.7 Å². The molecule has 1 aromatic rings. The first-order valence-electron chi connectivity index (χ1n) is 7.36. The summed E-state index contributed by atoms with van der Waals surface area (Å²) in [6.07, 6.45) is -4.32. The normalized spacial score (nSPS) is 15.5. The Labute approximate surface area is 133 Å². The third kappa shape index (κ3) is 4.18. The van der Waals surface area contributed by atoms with Crippen LogP contribution >= 0.6 is 0 Å². The molecule has 0 spiro atoms. The first-order chi connectivity index (χ1) is 10.8. The summed E-state index contributed by atoms with van der Waals surface area (Å²) in [5, 5.41) is 0. The molecule has 0 N–H and O–H groups in total. The van der Waals surface area contributed by atoms with Crippen molar-refractivity contribution in [2.45, 2.75) is 13.1 Å². The van der Waals surface area contributed by atoms with Gasteiger partial charge in [-0.25, -0.2) is 4.79 Å². The van der Waals surface area contributed by atoms with Gasteiger partial charge in [0, 0.05) is 31.9 Å². The highest BCUT2D eigenvalue weighted by Crippen LogP contribution is 2.30. The number of hydrogen-bond donors (Lipinski definition) is 0. The van der Waals surface area contributed by atoms with Crippen molar-refractivity contribution < 1.29 is 22.7 Å². The minimum absolute atomic E-state index is 0.295. The highest BCUT2D eigenvalue weighted by molar-refractivity contribution is 5.87. The molecule has 0 aliphatic carbocycles. The summed E-state index contributed by atoms with van der Waals surface area (Å²) in [5.41, 5.74) is 0.397. The summed E-state index contributed by atoms with van der Waals surface area (Å²) in [5.74, 6) is -0.435. The van der Waals surface area contributed by atoms with Gasteiger partial charge < -0.3 is 14.5 Å². The molecular formula is C16H19F3N2O2. The number of benzene rings is 1. The molecule has 0 saturated carbocycles. The number of carbonyl (C=O) groups is 1. The van der Waals surface area contributed by atoms with E-state index in [0.29, 0.717) is 38.5 Å². The van der Waals surface area contributed by atoms with Crippen molar-refractivity contribution in [3.63, 3.8) is 0 Å². The van der Waals surface area contributed by atoms with Crippen LogP contribution in [0.15, 0.2) is 36.5 Å². The summed E-state index contributed by atoms with van der Waals surface area (Å²) in [7, 11) is 0. The molecule has 4 nitrogen and oxygen atoms in total. The highest BCUT2D eigenvalue weighted by atomic mass is 19.4. The van der Waals surface area contributed by atoms with Crippen molar-refractivity contribution in [3.8, 4) is 0 Å². The summed E-state index contributed by atoms with van der Waals surface area (Å²) in [4.78, 5) is 15.5. The van der Waals surface area contributed by atoms with Crippen molar-refractivity contribution in [3.05, 3.63) is 42.1 Å². The van der Waals surface area contributed by atoms with E-state index in [9.17, 15) is 18.0 Å². The molecule has 7 heteroatoms. The predicted molar refractivity (Wildman–Crippen MR) is 81.0 cm³/mol. The molecule has 126 valence electrons. The largest absolute Gasteiger partial charge is 0.461 e. The Bertz CT molecular complexity index is 562. The van der Waals surface area contributed by atoms with Gasteiger partial charge in [-0.15, -0.1) is 0 Å². The van der Waals surface area contributed by atoms with Gasteiger partial charge in [-0.2, -0.15) is 13.2 Å². The molecule has 0 bridgehead atoms. The third-order valence-corrected chi connectivity index (χ3v) is 3.73. The molecule has 1 aliphatic heterocycles. The molecule has 23 heavy (non-hydrogen) atoms. The number of carbonyl (C=O) groups excluding carboxylic acids is 1. The topological polar surface area (TPSA) is 32.8 Å². The molecule has 2 rings (SSSR count). The lowest BCUT2D eigenvalue weighted by Crippen LogP contribution is -2.47. The fourth-order valence-corrected chi connectivity index (χ4v) is 2.44. The lowest BCUT2D eigenvalue weighted by atomic mass is 10.1. The minimum atomic E-state index is -4.32. The number of ether oxygens (including phenoxy) is 1. The average molecular weight is 328 g/mol. The van der Waals surface area contributed by atoms with Gasteiger partial charge >= 0.3 is 12.1 Å². The van der Waals surface area contributed by atoms with E-state index in [1.54, 1.807) is 6.92 Å². The molecule has 1 aliphatic rings. The Balaban J connectivity index is 1.94. The SMILES string of the molecule is C=C(C(=O)OCC)N1CCN(c2ccc(C(F)(F)F)cc2)CC1. The zero-order valence-electron chi connectivity index (χ0n) is 12.9. The van der Waals surface area contributed by atoms with Crippen LogP contribution in [0, 0.1) is 0 Å². The van der Waals surface area contributed by atoms with Gasteiger partial charge in [0.1, 0.15) is 5.70 Å². The van der Waals surface area contributed by atoms with E-state index in [2.05, 4.69) is 6.58 Å². The molecule has 0 radical (unpaired) electrons. The number of halogens is 3. The Morgan fingerprint density at radius 1 is 1.17 bits per heavy atom. The van der Waals surface area contributed by atoms with E-state index in [0.717, 1.165) is 17.8 Å². The predicted octanol–water partition coefficient (Wildman–Crippen LogP) is 2.90. The number of alkyl halides is 3. The fraction of sp³-hybridized carbons (Fsp3) is 0.438. The standard InChI is InChI=1S/C16H19F3N2O2/c1-3-23-15(22)12(2)20-8-10-21(11-9-20)14-6-4-13(5-7-14)16(17,18)19/h4-7H,2-3,8-11H2,1H3. The first-order valence-corrected chi connectivity index (χ1v) is 7.36. The summed E-state index contributed by atoms with van der Waals surface area (Å²) < 4.78 is 42.6. The second-order valence-corrected chi connectivity index (χ2v) is 5.19. The Kier molecular flexibility index (Phi) is 5.18. The van der Waals surface area contributed by atoms with Crippen LogP contribution in [-0.4, -0.2) is 43.7 Å². The van der Waals surface area contributed by atoms with E-state index >= 15 is 0 Å². The van der Waals surface area contributed by atoms with Crippen LogP contribution in [0.1, 0.15) is 12.5 Å². The van der Waals surface area contributed by atoms with E-state index in [1.165, 1.54) is 12.1 Å². The Morgan fingerprint density at radius 2 is 1.74 bits per heavy atom. The Morgan fingerprint density at radius 3 is 2.22 bits per heavy atom. The maximum absolute atomic E-state index is 12.6. The number of esters is 1. The first kappa shape index (κ1) is 17.2.